The van der Waals surface area contributed by atoms with Crippen molar-refractivity contribution in [1.29, 1.82) is 0 Å². The third kappa shape index (κ3) is 12.4. The Kier molecular flexibility index (Phi) is 12.4. The van der Waals surface area contributed by atoms with Crippen molar-refractivity contribution in [3.63, 3.8) is 0 Å². The van der Waals surface area contributed by atoms with E-state index in [0.29, 0.717) is 11.3 Å². The highest BCUT2D eigenvalue weighted by molar-refractivity contribution is 5.72. The molecule has 0 aliphatic rings. The number of para-hydroxylation sites is 1. The summed E-state index contributed by atoms with van der Waals surface area (Å²) in [6.45, 7) is 13.6. The van der Waals surface area contributed by atoms with Crippen molar-refractivity contribution in [3.8, 4) is 5.75 Å². The number of benzene rings is 2. The van der Waals surface area contributed by atoms with Crippen molar-refractivity contribution in [1.82, 2.24) is 0 Å². The molecule has 0 aliphatic carbocycles. The van der Waals surface area contributed by atoms with Crippen LogP contribution in [0.2, 0.25) is 0 Å². The van der Waals surface area contributed by atoms with Crippen molar-refractivity contribution in [2.24, 2.45) is 5.92 Å². The largest absolute Gasteiger partial charge is 0.481 e. The smallest absolute Gasteiger partial charge is 0.349 e. The second kappa shape index (κ2) is 14.5. The van der Waals surface area contributed by atoms with Crippen molar-refractivity contribution < 1.29 is 39.3 Å². The summed E-state index contributed by atoms with van der Waals surface area (Å²) in [5.41, 5.74) is 0.573. The molecule has 1 N–H and O–H groups in total. The molecule has 0 amide bonds. The van der Waals surface area contributed by atoms with Crippen LogP contribution in [-0.4, -0.2) is 28.2 Å². The minimum absolute atomic E-state index is 0.0817. The van der Waals surface area contributed by atoms with Gasteiger partial charge in [-0.25, -0.2) is 4.79 Å². The highest BCUT2D eigenvalue weighted by atomic mass is 17.5. The number of carbonyl (C=O) groups is 2. The monoisotopic (exact) mass is 490 g/mol. The third-order valence-corrected chi connectivity index (χ3v) is 5.48. The van der Waals surface area contributed by atoms with Gasteiger partial charge in [-0.2, -0.15) is 9.78 Å². The zero-order chi connectivity index (χ0) is 26.5. The van der Waals surface area contributed by atoms with Gasteiger partial charge in [0.15, 0.2) is 5.75 Å². The summed E-state index contributed by atoms with van der Waals surface area (Å²) in [5, 5.41) is 13.3. The lowest BCUT2D eigenvalue weighted by molar-refractivity contribution is -0.516. The SMILES string of the molecule is CC(C)C(C)(C)OOc1ccccc1CC(=O)O.CCC(C)(C)OOOC(=O)Cc1ccccc1. The zero-order valence-electron chi connectivity index (χ0n) is 21.7. The van der Waals surface area contributed by atoms with E-state index in [2.05, 4.69) is 9.93 Å². The van der Waals surface area contributed by atoms with Crippen molar-refractivity contribution in [3.05, 3.63) is 65.7 Å². The molecule has 0 saturated carbocycles. The van der Waals surface area contributed by atoms with E-state index in [4.69, 9.17) is 19.8 Å². The molecule has 0 spiro atoms. The molecule has 8 heteroatoms. The molecule has 8 nitrogen and oxygen atoms in total. The molecular weight excluding hydrogens is 452 g/mol. The molecule has 194 valence electrons. The maximum atomic E-state index is 11.4. The number of hydrogen-bond acceptors (Lipinski definition) is 7. The van der Waals surface area contributed by atoms with E-state index in [9.17, 15) is 9.59 Å². The average Bonchev–Trinajstić information content (AvgIpc) is 2.79. The van der Waals surface area contributed by atoms with Gasteiger partial charge < -0.3 is 9.99 Å². The second-order valence-electron chi connectivity index (χ2n) is 9.49. The van der Waals surface area contributed by atoms with Crippen LogP contribution >= 0.6 is 0 Å². The lowest BCUT2D eigenvalue weighted by atomic mass is 9.95. The Hall–Kier alpha value is -2.94. The summed E-state index contributed by atoms with van der Waals surface area (Å²) in [6, 6.07) is 16.3. The van der Waals surface area contributed by atoms with Crippen LogP contribution in [-0.2, 0) is 42.1 Å². The van der Waals surface area contributed by atoms with E-state index in [1.807, 2.05) is 78.8 Å². The number of hydrogen-bond donors (Lipinski definition) is 1. The molecule has 0 aliphatic heterocycles. The average molecular weight is 491 g/mol. The fourth-order valence-corrected chi connectivity index (χ4v) is 2.14. The number of carboxylic acids is 1. The molecule has 0 unspecified atom stereocenters. The van der Waals surface area contributed by atoms with E-state index in [0.717, 1.165) is 12.0 Å². The van der Waals surface area contributed by atoms with Gasteiger partial charge in [0, 0.05) is 5.56 Å². The minimum atomic E-state index is -0.894. The third-order valence-electron chi connectivity index (χ3n) is 5.48. The van der Waals surface area contributed by atoms with Crippen LogP contribution in [0.5, 0.6) is 5.75 Å². The highest BCUT2D eigenvalue weighted by Gasteiger charge is 2.26. The van der Waals surface area contributed by atoms with Crippen LogP contribution in [0.25, 0.3) is 0 Å². The summed E-state index contributed by atoms with van der Waals surface area (Å²) in [6.07, 6.45) is 0.835. The van der Waals surface area contributed by atoms with Gasteiger partial charge in [-0.15, -0.1) is 0 Å². The molecule has 0 fully saturated rings. The molecule has 35 heavy (non-hydrogen) atoms. The topological polar surface area (TPSA) is 101 Å². The van der Waals surface area contributed by atoms with Gasteiger partial charge in [-0.3, -0.25) is 9.68 Å². The Morgan fingerprint density at radius 1 is 0.886 bits per heavy atom. The number of carbonyl (C=O) groups excluding carboxylic acids is 1. The number of rotatable bonds is 12. The fraction of sp³-hybridized carbons (Fsp3) is 0.481. The first kappa shape index (κ1) is 30.1. The van der Waals surface area contributed by atoms with E-state index in [-0.39, 0.29) is 18.8 Å². The van der Waals surface area contributed by atoms with Crippen LogP contribution in [0, 0.1) is 5.92 Å². The molecular formula is C27H38O8. The molecule has 0 atom stereocenters. The predicted molar refractivity (Wildman–Crippen MR) is 131 cm³/mol. The Morgan fingerprint density at radius 2 is 1.49 bits per heavy atom. The maximum Gasteiger partial charge on any atom is 0.349 e. The summed E-state index contributed by atoms with van der Waals surface area (Å²) in [4.78, 5) is 42.3. The first-order valence-electron chi connectivity index (χ1n) is 11.6. The van der Waals surface area contributed by atoms with Crippen LogP contribution < -0.4 is 4.89 Å². The molecule has 0 bridgehead atoms. The first-order valence-corrected chi connectivity index (χ1v) is 11.6. The Morgan fingerprint density at radius 3 is 2.06 bits per heavy atom. The molecule has 0 saturated heterocycles. The molecule has 0 radical (unpaired) electrons. The highest BCUT2D eigenvalue weighted by Crippen LogP contribution is 2.25. The maximum absolute atomic E-state index is 11.4. The van der Waals surface area contributed by atoms with Crippen LogP contribution in [0.1, 0.15) is 66.0 Å². The fourth-order valence-electron chi connectivity index (χ4n) is 2.14. The van der Waals surface area contributed by atoms with E-state index in [1.54, 1.807) is 24.3 Å². The van der Waals surface area contributed by atoms with Gasteiger partial charge in [0.2, 0.25) is 0 Å². The lowest BCUT2D eigenvalue weighted by Gasteiger charge is -2.27. The molecule has 0 aromatic heterocycles. The van der Waals surface area contributed by atoms with Gasteiger partial charge in [0.25, 0.3) is 0 Å². The van der Waals surface area contributed by atoms with Gasteiger partial charge >= 0.3 is 11.9 Å². The quantitative estimate of drug-likeness (QED) is 0.291. The van der Waals surface area contributed by atoms with E-state index < -0.39 is 23.1 Å². The zero-order valence-corrected chi connectivity index (χ0v) is 21.7. The van der Waals surface area contributed by atoms with Crippen LogP contribution in [0.3, 0.4) is 0 Å². The number of aliphatic carboxylic acids is 1. The van der Waals surface area contributed by atoms with E-state index in [1.165, 1.54) is 0 Å². The second-order valence-corrected chi connectivity index (χ2v) is 9.49. The van der Waals surface area contributed by atoms with Gasteiger partial charge in [0.05, 0.1) is 12.8 Å². The van der Waals surface area contributed by atoms with Gasteiger partial charge in [-0.1, -0.05) is 69.3 Å². The summed E-state index contributed by atoms with van der Waals surface area (Å²) in [7, 11) is 0. The summed E-state index contributed by atoms with van der Waals surface area (Å²) >= 11 is 0. The van der Waals surface area contributed by atoms with Gasteiger partial charge in [0.1, 0.15) is 11.2 Å². The number of carboxylic acid groups (broad SMARTS) is 1. The van der Waals surface area contributed by atoms with Crippen LogP contribution in [0.15, 0.2) is 54.6 Å². The normalized spacial score (nSPS) is 11.4. The van der Waals surface area contributed by atoms with Crippen molar-refractivity contribution in [2.75, 3.05) is 0 Å². The minimum Gasteiger partial charge on any atom is -0.481 e. The molecule has 2 aromatic rings. The molecule has 2 aromatic carbocycles. The van der Waals surface area contributed by atoms with E-state index >= 15 is 0 Å². The van der Waals surface area contributed by atoms with Gasteiger partial charge in [-0.05, 0) is 56.7 Å². The first-order chi connectivity index (χ1) is 16.4. The van der Waals surface area contributed by atoms with Crippen molar-refractivity contribution >= 4 is 11.9 Å². The van der Waals surface area contributed by atoms with Crippen molar-refractivity contribution in [2.45, 2.75) is 78.9 Å². The lowest BCUT2D eigenvalue weighted by Crippen LogP contribution is -2.32. The molecule has 0 heterocycles. The Balaban J connectivity index is 0.000000351. The summed E-state index contributed by atoms with van der Waals surface area (Å²) in [5.74, 6) is -0.643. The predicted octanol–water partition coefficient (Wildman–Crippen LogP) is 5.88. The molecule has 2 rings (SSSR count). The van der Waals surface area contributed by atoms with Crippen LogP contribution in [0.4, 0.5) is 0 Å². The summed E-state index contributed by atoms with van der Waals surface area (Å²) < 4.78 is 0. The standard InChI is InChI=1S/C14H20O4.C13H18O4/c1-10(2)14(3,4)18-17-12-8-6-5-7-11(12)9-13(15)16;1-4-13(2,3)16-17-15-12(14)10-11-8-6-5-7-9-11/h5-8,10H,9H2,1-4H3,(H,15,16);5-9H,4,10H2,1-3H3. The Bertz CT molecular complexity index is 906. The Labute approximate surface area is 207 Å².